The number of nitrogens with one attached hydrogen (secondary N) is 1. The summed E-state index contributed by atoms with van der Waals surface area (Å²) >= 11 is 5.52. The van der Waals surface area contributed by atoms with Crippen LogP contribution < -0.4 is 4.72 Å². The van der Waals surface area contributed by atoms with Crippen LogP contribution in [0.1, 0.15) is 11.1 Å². The smallest absolute Gasteiger partial charge is 0.225 e. The molecule has 0 atom stereocenters. The zero-order chi connectivity index (χ0) is 14.6. The van der Waals surface area contributed by atoms with E-state index in [2.05, 4.69) is 14.7 Å². The van der Waals surface area contributed by atoms with Crippen molar-refractivity contribution in [1.82, 2.24) is 14.7 Å². The first kappa shape index (κ1) is 14.9. The lowest BCUT2D eigenvalue weighted by atomic mass is 10.1. The van der Waals surface area contributed by atoms with Gasteiger partial charge in [-0.1, -0.05) is 29.8 Å². The molecule has 0 spiro atoms. The van der Waals surface area contributed by atoms with Gasteiger partial charge in [0, 0.05) is 6.54 Å². The number of halogens is 1. The fourth-order valence-corrected chi connectivity index (χ4v) is 2.74. The van der Waals surface area contributed by atoms with Crippen LogP contribution in [0.4, 0.5) is 0 Å². The summed E-state index contributed by atoms with van der Waals surface area (Å²) in [5, 5.41) is 0.0173. The Bertz CT molecular complexity index is 687. The number of sulfonamides is 1. The molecule has 106 valence electrons. The second-order valence-corrected chi connectivity index (χ2v) is 6.43. The summed E-state index contributed by atoms with van der Waals surface area (Å²) in [6.45, 7) is 2.31. The summed E-state index contributed by atoms with van der Waals surface area (Å²) in [5.74, 6) is 0. The molecule has 1 aromatic carbocycles. The minimum absolute atomic E-state index is 0.00569. The molecule has 0 saturated heterocycles. The topological polar surface area (TPSA) is 72.0 Å². The van der Waals surface area contributed by atoms with Gasteiger partial charge in [-0.05, 0) is 30.5 Å². The molecule has 0 aliphatic rings. The van der Waals surface area contributed by atoms with E-state index in [1.807, 2.05) is 31.2 Å². The van der Waals surface area contributed by atoms with Crippen molar-refractivity contribution >= 4 is 21.6 Å². The quantitative estimate of drug-likeness (QED) is 0.857. The van der Waals surface area contributed by atoms with Gasteiger partial charge in [-0.2, -0.15) is 0 Å². The molecule has 2 aromatic rings. The van der Waals surface area contributed by atoms with Crippen molar-refractivity contribution in [3.63, 3.8) is 0 Å². The number of benzene rings is 1. The molecule has 7 heteroatoms. The summed E-state index contributed by atoms with van der Waals surface area (Å²) in [6.07, 6.45) is 2.99. The third-order valence-electron chi connectivity index (χ3n) is 2.70. The summed E-state index contributed by atoms with van der Waals surface area (Å²) in [7, 11) is -3.59. The van der Waals surface area contributed by atoms with Crippen LogP contribution in [-0.4, -0.2) is 24.9 Å². The maximum Gasteiger partial charge on any atom is 0.243 e. The van der Waals surface area contributed by atoms with E-state index in [1.54, 1.807) is 0 Å². The summed E-state index contributed by atoms with van der Waals surface area (Å²) in [6, 6.07) is 7.94. The molecule has 2 rings (SSSR count). The molecule has 20 heavy (non-hydrogen) atoms. The second kappa shape index (κ2) is 6.30. The van der Waals surface area contributed by atoms with Gasteiger partial charge in [-0.3, -0.25) is 0 Å². The molecule has 0 amide bonds. The number of aryl methyl sites for hydroxylation is 1. The van der Waals surface area contributed by atoms with E-state index in [0.717, 1.165) is 11.1 Å². The molecule has 5 nitrogen and oxygen atoms in total. The molecule has 1 aromatic heterocycles. The largest absolute Gasteiger partial charge is 0.243 e. The minimum atomic E-state index is -3.59. The van der Waals surface area contributed by atoms with Crippen molar-refractivity contribution in [2.24, 2.45) is 0 Å². The lowest BCUT2D eigenvalue weighted by molar-refractivity contribution is 0.580. The van der Waals surface area contributed by atoms with Crippen LogP contribution in [-0.2, 0) is 16.4 Å². The van der Waals surface area contributed by atoms with E-state index in [9.17, 15) is 8.42 Å². The molecule has 0 unspecified atom stereocenters. The zero-order valence-electron chi connectivity index (χ0n) is 10.9. The fourth-order valence-electron chi connectivity index (χ4n) is 1.72. The zero-order valence-corrected chi connectivity index (χ0v) is 12.4. The van der Waals surface area contributed by atoms with Crippen molar-refractivity contribution in [1.29, 1.82) is 0 Å². The number of rotatable bonds is 5. The highest BCUT2D eigenvalue weighted by atomic mass is 35.5. The number of nitrogens with zero attached hydrogens (tertiary/aromatic N) is 2. The van der Waals surface area contributed by atoms with E-state index in [1.165, 1.54) is 12.4 Å². The Balaban J connectivity index is 1.98. The molecule has 1 N–H and O–H groups in total. The highest BCUT2D eigenvalue weighted by molar-refractivity contribution is 7.89. The van der Waals surface area contributed by atoms with Crippen LogP contribution in [0.15, 0.2) is 41.6 Å². The molecule has 0 radical (unpaired) electrons. The van der Waals surface area contributed by atoms with Crippen LogP contribution >= 0.6 is 11.6 Å². The van der Waals surface area contributed by atoms with Crippen molar-refractivity contribution in [2.45, 2.75) is 18.2 Å². The van der Waals surface area contributed by atoms with Gasteiger partial charge in [0.2, 0.25) is 15.3 Å². The number of aromatic nitrogens is 2. The third-order valence-corrected chi connectivity index (χ3v) is 4.31. The Labute approximate surface area is 123 Å². The van der Waals surface area contributed by atoms with Crippen molar-refractivity contribution in [2.75, 3.05) is 6.54 Å². The second-order valence-electron chi connectivity index (χ2n) is 4.32. The standard InChI is InChI=1S/C13H14ClN3O2S/c1-10-3-2-4-11(7-10)5-6-17-20(18,19)12-8-15-13(14)16-9-12/h2-4,7-9,17H,5-6H2,1H3. The Morgan fingerprint density at radius 3 is 2.60 bits per heavy atom. The maximum atomic E-state index is 12.0. The molecule has 0 saturated carbocycles. The summed E-state index contributed by atoms with van der Waals surface area (Å²) in [4.78, 5) is 7.32. The molecular weight excluding hydrogens is 298 g/mol. The predicted octanol–water partition coefficient (Wildman–Crippen LogP) is 1.96. The Kier molecular flexibility index (Phi) is 4.69. The first-order valence-corrected chi connectivity index (χ1v) is 7.86. The third kappa shape index (κ3) is 4.00. The normalized spacial score (nSPS) is 11.5. The molecular formula is C13H14ClN3O2S. The molecule has 0 aliphatic carbocycles. The predicted molar refractivity (Wildman–Crippen MR) is 77.1 cm³/mol. The summed E-state index contributed by atoms with van der Waals surface area (Å²) < 4.78 is 26.4. The van der Waals surface area contributed by atoms with Gasteiger partial charge in [-0.15, -0.1) is 0 Å². The summed E-state index contributed by atoms with van der Waals surface area (Å²) in [5.41, 5.74) is 2.23. The van der Waals surface area contributed by atoms with Gasteiger partial charge in [0.25, 0.3) is 0 Å². The van der Waals surface area contributed by atoms with E-state index in [-0.39, 0.29) is 10.2 Å². The van der Waals surface area contributed by atoms with Crippen LogP contribution in [0.25, 0.3) is 0 Å². The highest BCUT2D eigenvalue weighted by Crippen LogP contribution is 2.08. The number of hydrogen-bond donors (Lipinski definition) is 1. The fraction of sp³-hybridized carbons (Fsp3) is 0.231. The van der Waals surface area contributed by atoms with Gasteiger partial charge >= 0.3 is 0 Å². The van der Waals surface area contributed by atoms with Crippen LogP contribution in [0.2, 0.25) is 5.28 Å². The van der Waals surface area contributed by atoms with Crippen molar-refractivity contribution in [3.8, 4) is 0 Å². The molecule has 0 bridgehead atoms. The molecule has 1 heterocycles. The van der Waals surface area contributed by atoms with Crippen molar-refractivity contribution in [3.05, 3.63) is 53.1 Å². The van der Waals surface area contributed by atoms with Gasteiger partial charge in [0.15, 0.2) is 0 Å². The highest BCUT2D eigenvalue weighted by Gasteiger charge is 2.14. The van der Waals surface area contributed by atoms with Gasteiger partial charge in [0.1, 0.15) is 4.90 Å². The Morgan fingerprint density at radius 2 is 1.95 bits per heavy atom. The van der Waals surface area contributed by atoms with E-state index < -0.39 is 10.0 Å². The minimum Gasteiger partial charge on any atom is -0.225 e. The van der Waals surface area contributed by atoms with E-state index in [0.29, 0.717) is 13.0 Å². The van der Waals surface area contributed by atoms with Crippen LogP contribution in [0.3, 0.4) is 0 Å². The van der Waals surface area contributed by atoms with Gasteiger partial charge in [-0.25, -0.2) is 23.1 Å². The van der Waals surface area contributed by atoms with E-state index in [4.69, 9.17) is 11.6 Å². The van der Waals surface area contributed by atoms with Gasteiger partial charge < -0.3 is 0 Å². The number of hydrogen-bond acceptors (Lipinski definition) is 4. The lowest BCUT2D eigenvalue weighted by Gasteiger charge is -2.06. The average molecular weight is 312 g/mol. The molecule has 0 aliphatic heterocycles. The first-order valence-electron chi connectivity index (χ1n) is 6.00. The molecule has 0 fully saturated rings. The maximum absolute atomic E-state index is 12.0. The Hall–Kier alpha value is -1.50. The van der Waals surface area contributed by atoms with E-state index >= 15 is 0 Å². The lowest BCUT2D eigenvalue weighted by Crippen LogP contribution is -2.26. The monoisotopic (exact) mass is 311 g/mol. The van der Waals surface area contributed by atoms with Crippen molar-refractivity contribution < 1.29 is 8.42 Å². The first-order chi connectivity index (χ1) is 9.47. The SMILES string of the molecule is Cc1cccc(CCNS(=O)(=O)c2cnc(Cl)nc2)c1. The average Bonchev–Trinajstić information content (AvgIpc) is 2.39. The Morgan fingerprint density at radius 1 is 1.25 bits per heavy atom. The van der Waals surface area contributed by atoms with Crippen LogP contribution in [0.5, 0.6) is 0 Å². The van der Waals surface area contributed by atoms with Crippen LogP contribution in [0, 0.1) is 6.92 Å². The van der Waals surface area contributed by atoms with Gasteiger partial charge in [0.05, 0.1) is 12.4 Å².